The van der Waals surface area contributed by atoms with Gasteiger partial charge in [-0.25, -0.2) is 4.98 Å². The first-order valence-electron chi connectivity index (χ1n) is 6.21. The van der Waals surface area contributed by atoms with E-state index in [1.54, 1.807) is 12.1 Å². The average molecular weight is 402 g/mol. The van der Waals surface area contributed by atoms with Crippen LogP contribution in [0.1, 0.15) is 10.5 Å². The van der Waals surface area contributed by atoms with Gasteiger partial charge < -0.3 is 14.0 Å². The van der Waals surface area contributed by atoms with Gasteiger partial charge >= 0.3 is 0 Å². The van der Waals surface area contributed by atoms with E-state index >= 15 is 0 Å². The van der Waals surface area contributed by atoms with E-state index in [0.717, 1.165) is 10.9 Å². The highest BCUT2D eigenvalue weighted by Gasteiger charge is 2.24. The van der Waals surface area contributed by atoms with Crippen LogP contribution in [0.25, 0.3) is 22.4 Å². The van der Waals surface area contributed by atoms with Gasteiger partial charge in [-0.1, -0.05) is 11.6 Å². The minimum Gasteiger partial charge on any atom is -0.616 e. The van der Waals surface area contributed by atoms with Crippen LogP contribution in [0.15, 0.2) is 33.5 Å². The SMILES string of the molecule is C[S+]([O-])CC(=O)c1[nH]c2cc(Br)c(Cl)cc2c1-c1ncco1. The number of H-pyrrole nitrogens is 1. The maximum Gasteiger partial charge on any atom is 0.228 e. The van der Waals surface area contributed by atoms with Crippen molar-refractivity contribution in [1.82, 2.24) is 9.97 Å². The summed E-state index contributed by atoms with van der Waals surface area (Å²) >= 11 is 8.26. The molecule has 2 heterocycles. The number of hydrogen-bond donors (Lipinski definition) is 1. The molecule has 0 radical (unpaired) electrons. The number of aromatic amines is 1. The summed E-state index contributed by atoms with van der Waals surface area (Å²) in [6, 6.07) is 3.51. The third kappa shape index (κ3) is 2.81. The number of nitrogens with zero attached hydrogens (tertiary/aromatic N) is 1. The predicted octanol–water partition coefficient (Wildman–Crippen LogP) is 3.80. The van der Waals surface area contributed by atoms with Crippen LogP contribution in [-0.4, -0.2) is 32.3 Å². The van der Waals surface area contributed by atoms with Crippen LogP contribution in [0.5, 0.6) is 0 Å². The van der Waals surface area contributed by atoms with Crippen molar-refractivity contribution < 1.29 is 13.8 Å². The van der Waals surface area contributed by atoms with E-state index in [1.165, 1.54) is 18.7 Å². The Morgan fingerprint density at radius 2 is 2.32 bits per heavy atom. The second kappa shape index (κ2) is 6.08. The number of benzene rings is 1. The first kappa shape index (κ1) is 15.6. The van der Waals surface area contributed by atoms with E-state index in [1.807, 2.05) is 0 Å². The number of carbonyl (C=O) groups is 1. The van der Waals surface area contributed by atoms with Crippen LogP contribution < -0.4 is 0 Å². The van der Waals surface area contributed by atoms with Crippen molar-refractivity contribution in [2.24, 2.45) is 0 Å². The molecule has 0 aliphatic heterocycles. The summed E-state index contributed by atoms with van der Waals surface area (Å²) in [4.78, 5) is 19.5. The standard InChI is InChI=1S/C14H10BrClN2O3S/c1-22(20)6-11(19)13-12(14-17-2-3-21-14)7-4-9(16)8(15)5-10(7)18-13/h2-5,18H,6H2,1H3. The number of rotatable bonds is 4. The first-order valence-corrected chi connectivity index (χ1v) is 9.11. The molecule has 0 bridgehead atoms. The van der Waals surface area contributed by atoms with Crippen molar-refractivity contribution in [3.05, 3.63) is 39.8 Å². The number of fused-ring (bicyclic) bond motifs is 1. The lowest BCUT2D eigenvalue weighted by Crippen LogP contribution is -2.15. The summed E-state index contributed by atoms with van der Waals surface area (Å²) in [5.74, 6) is -0.0255. The lowest BCUT2D eigenvalue weighted by molar-refractivity contribution is 0.101. The van der Waals surface area contributed by atoms with Crippen molar-refractivity contribution in [1.29, 1.82) is 0 Å². The van der Waals surface area contributed by atoms with Crippen molar-refractivity contribution in [2.75, 3.05) is 12.0 Å². The molecule has 8 heteroatoms. The Morgan fingerprint density at radius 3 is 2.95 bits per heavy atom. The molecule has 1 atom stereocenters. The molecule has 0 spiro atoms. The van der Waals surface area contributed by atoms with Gasteiger partial charge in [-0.15, -0.1) is 0 Å². The van der Waals surface area contributed by atoms with E-state index in [0.29, 0.717) is 26.6 Å². The van der Waals surface area contributed by atoms with Gasteiger partial charge in [-0.2, -0.15) is 0 Å². The summed E-state index contributed by atoms with van der Waals surface area (Å²) in [6.07, 6.45) is 4.42. The molecule has 1 unspecified atom stereocenters. The number of ketones is 1. The Kier molecular flexibility index (Phi) is 4.31. The van der Waals surface area contributed by atoms with Gasteiger partial charge in [-0.3, -0.25) is 4.79 Å². The minimum absolute atomic E-state index is 0.0740. The molecule has 22 heavy (non-hydrogen) atoms. The van der Waals surface area contributed by atoms with Crippen molar-refractivity contribution in [3.63, 3.8) is 0 Å². The summed E-state index contributed by atoms with van der Waals surface area (Å²) in [6.45, 7) is 0. The van der Waals surface area contributed by atoms with Gasteiger partial charge in [0.25, 0.3) is 0 Å². The topological polar surface area (TPSA) is 82.0 Å². The third-order valence-electron chi connectivity index (χ3n) is 3.10. The molecule has 0 aliphatic carbocycles. The zero-order chi connectivity index (χ0) is 15.9. The molecule has 0 fully saturated rings. The maximum absolute atomic E-state index is 12.4. The zero-order valence-corrected chi connectivity index (χ0v) is 14.5. The predicted molar refractivity (Wildman–Crippen MR) is 89.8 cm³/mol. The van der Waals surface area contributed by atoms with Gasteiger partial charge in [0.15, 0.2) is 5.75 Å². The molecule has 3 rings (SSSR count). The summed E-state index contributed by atoms with van der Waals surface area (Å²) in [7, 11) is 0. The van der Waals surface area contributed by atoms with Crippen LogP contribution in [0, 0.1) is 0 Å². The van der Waals surface area contributed by atoms with Gasteiger partial charge in [0.05, 0.1) is 23.0 Å². The quantitative estimate of drug-likeness (QED) is 0.532. The molecular formula is C14H10BrClN2O3S. The highest BCUT2D eigenvalue weighted by Crippen LogP contribution is 2.36. The lowest BCUT2D eigenvalue weighted by Gasteiger charge is -2.04. The van der Waals surface area contributed by atoms with Crippen molar-refractivity contribution in [3.8, 4) is 11.5 Å². The molecule has 114 valence electrons. The molecule has 0 saturated carbocycles. The van der Waals surface area contributed by atoms with Crippen LogP contribution in [0.3, 0.4) is 0 Å². The van der Waals surface area contributed by atoms with Gasteiger partial charge in [0, 0.05) is 15.4 Å². The Balaban J connectivity index is 2.26. The second-order valence-corrected chi connectivity index (χ2v) is 7.36. The van der Waals surface area contributed by atoms with E-state index in [9.17, 15) is 9.35 Å². The first-order chi connectivity index (χ1) is 10.5. The molecule has 0 aliphatic rings. The molecule has 1 aromatic carbocycles. The smallest absolute Gasteiger partial charge is 0.228 e. The molecule has 3 aromatic rings. The lowest BCUT2D eigenvalue weighted by atomic mass is 10.1. The Morgan fingerprint density at radius 1 is 1.55 bits per heavy atom. The van der Waals surface area contributed by atoms with E-state index in [2.05, 4.69) is 25.9 Å². The zero-order valence-electron chi connectivity index (χ0n) is 11.4. The highest BCUT2D eigenvalue weighted by molar-refractivity contribution is 9.10. The average Bonchev–Trinajstić information content (AvgIpc) is 3.05. The number of aromatic nitrogens is 2. The van der Waals surface area contributed by atoms with Crippen LogP contribution in [0.4, 0.5) is 0 Å². The van der Waals surface area contributed by atoms with Crippen molar-refractivity contribution >= 4 is 55.4 Å². The van der Waals surface area contributed by atoms with Crippen molar-refractivity contribution in [2.45, 2.75) is 0 Å². The summed E-state index contributed by atoms with van der Waals surface area (Å²) < 4.78 is 17.4. The molecule has 1 N–H and O–H groups in total. The normalized spacial score (nSPS) is 12.7. The number of oxazole rings is 1. The minimum atomic E-state index is -1.24. The highest BCUT2D eigenvalue weighted by atomic mass is 79.9. The molecule has 2 aromatic heterocycles. The third-order valence-corrected chi connectivity index (χ3v) is 4.96. The largest absolute Gasteiger partial charge is 0.616 e. The molecule has 5 nitrogen and oxygen atoms in total. The van der Waals surface area contributed by atoms with E-state index < -0.39 is 11.2 Å². The summed E-state index contributed by atoms with van der Waals surface area (Å²) in [5, 5.41) is 1.23. The Labute approximate surface area is 142 Å². The molecule has 0 amide bonds. The maximum atomic E-state index is 12.4. The van der Waals surface area contributed by atoms with E-state index in [-0.39, 0.29) is 11.5 Å². The van der Waals surface area contributed by atoms with Gasteiger partial charge in [0.2, 0.25) is 11.7 Å². The summed E-state index contributed by atoms with van der Waals surface area (Å²) in [5.41, 5.74) is 1.57. The monoisotopic (exact) mass is 400 g/mol. The van der Waals surface area contributed by atoms with Crippen LogP contribution in [-0.2, 0) is 11.2 Å². The van der Waals surface area contributed by atoms with Crippen LogP contribution in [0.2, 0.25) is 5.02 Å². The fourth-order valence-electron chi connectivity index (χ4n) is 2.22. The Hall–Kier alpha value is -1.28. The molecular weight excluding hydrogens is 392 g/mol. The number of carbonyl (C=O) groups excluding carboxylic acids is 1. The number of hydrogen-bond acceptors (Lipinski definition) is 4. The van der Waals surface area contributed by atoms with Crippen LogP contribution >= 0.6 is 27.5 Å². The van der Waals surface area contributed by atoms with Gasteiger partial charge in [0.1, 0.15) is 12.0 Å². The fraction of sp³-hybridized carbons (Fsp3) is 0.143. The molecule has 0 saturated heterocycles. The fourth-order valence-corrected chi connectivity index (χ4v) is 3.24. The number of Topliss-reactive ketones (excluding diaryl/α,β-unsaturated/α-hetero) is 1. The Bertz CT molecular complexity index is 846. The second-order valence-electron chi connectivity index (χ2n) is 4.66. The number of halogens is 2. The number of nitrogens with one attached hydrogen (secondary N) is 1. The van der Waals surface area contributed by atoms with E-state index in [4.69, 9.17) is 16.0 Å². The van der Waals surface area contributed by atoms with Gasteiger partial charge in [-0.05, 0) is 39.2 Å².